The lowest BCUT2D eigenvalue weighted by Crippen LogP contribution is -2.49. The molecule has 0 saturated carbocycles. The van der Waals surface area contributed by atoms with Crippen molar-refractivity contribution >= 4 is 23.3 Å². The van der Waals surface area contributed by atoms with Gasteiger partial charge in [-0.15, -0.1) is 11.3 Å². The highest BCUT2D eigenvalue weighted by atomic mass is 32.1. The lowest BCUT2D eigenvalue weighted by molar-refractivity contribution is -0.140. The molecule has 0 aliphatic carbocycles. The molecule has 2 amide bonds. The summed E-state index contributed by atoms with van der Waals surface area (Å²) in [5.74, 6) is -1.17. The molecule has 0 spiro atoms. The van der Waals surface area contributed by atoms with Crippen molar-refractivity contribution in [1.82, 2.24) is 10.2 Å². The summed E-state index contributed by atoms with van der Waals surface area (Å²) in [6, 6.07) is 2.56. The van der Waals surface area contributed by atoms with Gasteiger partial charge in [-0.2, -0.15) is 0 Å². The van der Waals surface area contributed by atoms with Crippen molar-refractivity contribution in [1.29, 1.82) is 0 Å². The summed E-state index contributed by atoms with van der Waals surface area (Å²) in [5.41, 5.74) is 0. The Kier molecular flexibility index (Phi) is 5.35. The third-order valence-corrected chi connectivity index (χ3v) is 4.11. The second-order valence-corrected chi connectivity index (χ2v) is 5.79. The number of hydrogen-bond acceptors (Lipinski definition) is 3. The molecule has 1 aromatic heterocycles. The first kappa shape index (κ1) is 15.5. The normalized spacial score (nSPS) is 13.9. The molecular formula is C13H20N2O3S. The van der Waals surface area contributed by atoms with E-state index in [1.54, 1.807) is 32.2 Å². The standard InChI is InChI=1S/C13H20N2O3S/c1-8(2)11(12(16)17)14-13(18)15(4)9(3)10-6-5-7-19-10/h5-9,11H,1-4H3,(H,14,18)(H,16,17)/t9?,11-/m1/s1. The Morgan fingerprint density at radius 2 is 2.00 bits per heavy atom. The molecule has 106 valence electrons. The molecular weight excluding hydrogens is 264 g/mol. The molecule has 19 heavy (non-hydrogen) atoms. The van der Waals surface area contributed by atoms with E-state index in [0.717, 1.165) is 4.88 Å². The molecule has 1 unspecified atom stereocenters. The first-order valence-corrected chi connectivity index (χ1v) is 7.02. The van der Waals surface area contributed by atoms with E-state index in [4.69, 9.17) is 5.11 Å². The number of carbonyl (C=O) groups excluding carboxylic acids is 1. The van der Waals surface area contributed by atoms with E-state index in [1.807, 2.05) is 24.4 Å². The van der Waals surface area contributed by atoms with Crippen LogP contribution in [0.1, 0.15) is 31.7 Å². The second kappa shape index (κ2) is 6.56. The predicted molar refractivity (Wildman–Crippen MR) is 75.3 cm³/mol. The minimum Gasteiger partial charge on any atom is -0.480 e. The Labute approximate surface area is 117 Å². The van der Waals surface area contributed by atoms with Crippen LogP contribution in [0, 0.1) is 5.92 Å². The average molecular weight is 284 g/mol. The largest absolute Gasteiger partial charge is 0.480 e. The van der Waals surface area contributed by atoms with Crippen molar-refractivity contribution in [2.75, 3.05) is 7.05 Å². The molecule has 2 N–H and O–H groups in total. The van der Waals surface area contributed by atoms with Crippen LogP contribution in [0.25, 0.3) is 0 Å². The number of urea groups is 1. The maximum atomic E-state index is 12.1. The van der Waals surface area contributed by atoms with Crippen molar-refractivity contribution in [2.45, 2.75) is 32.9 Å². The van der Waals surface area contributed by atoms with Gasteiger partial charge in [0.25, 0.3) is 0 Å². The van der Waals surface area contributed by atoms with Crippen molar-refractivity contribution < 1.29 is 14.7 Å². The first-order chi connectivity index (χ1) is 8.84. The summed E-state index contributed by atoms with van der Waals surface area (Å²) < 4.78 is 0. The third kappa shape index (κ3) is 3.96. The Hall–Kier alpha value is -1.56. The van der Waals surface area contributed by atoms with Gasteiger partial charge in [-0.3, -0.25) is 0 Å². The summed E-state index contributed by atoms with van der Waals surface area (Å²) in [7, 11) is 1.67. The molecule has 1 rings (SSSR count). The number of thiophene rings is 1. The van der Waals surface area contributed by atoms with E-state index < -0.39 is 12.0 Å². The minimum atomic E-state index is -1.01. The second-order valence-electron chi connectivity index (χ2n) is 4.81. The van der Waals surface area contributed by atoms with E-state index in [9.17, 15) is 9.59 Å². The smallest absolute Gasteiger partial charge is 0.326 e. The van der Waals surface area contributed by atoms with Gasteiger partial charge < -0.3 is 15.3 Å². The molecule has 1 aromatic rings. The number of nitrogens with zero attached hydrogens (tertiary/aromatic N) is 1. The highest BCUT2D eigenvalue weighted by molar-refractivity contribution is 7.10. The first-order valence-electron chi connectivity index (χ1n) is 6.14. The van der Waals surface area contributed by atoms with E-state index in [-0.39, 0.29) is 18.0 Å². The molecule has 0 aromatic carbocycles. The van der Waals surface area contributed by atoms with Crippen LogP contribution in [-0.4, -0.2) is 35.1 Å². The molecule has 0 bridgehead atoms. The van der Waals surface area contributed by atoms with Crippen molar-refractivity contribution in [3.63, 3.8) is 0 Å². The molecule has 0 aliphatic rings. The van der Waals surface area contributed by atoms with E-state index >= 15 is 0 Å². The summed E-state index contributed by atoms with van der Waals surface area (Å²) in [4.78, 5) is 25.7. The Balaban J connectivity index is 2.69. The average Bonchev–Trinajstić information content (AvgIpc) is 2.86. The summed E-state index contributed by atoms with van der Waals surface area (Å²) in [6.45, 7) is 5.44. The predicted octanol–water partition coefficient (Wildman–Crippen LogP) is 2.56. The molecule has 0 radical (unpaired) electrons. The zero-order chi connectivity index (χ0) is 14.6. The lowest BCUT2D eigenvalue weighted by Gasteiger charge is -2.27. The van der Waals surface area contributed by atoms with Crippen LogP contribution in [-0.2, 0) is 4.79 Å². The van der Waals surface area contributed by atoms with E-state index in [0.29, 0.717) is 0 Å². The number of nitrogens with one attached hydrogen (secondary N) is 1. The van der Waals surface area contributed by atoms with Gasteiger partial charge in [-0.05, 0) is 24.3 Å². The fourth-order valence-corrected chi connectivity index (χ4v) is 2.47. The van der Waals surface area contributed by atoms with Crippen LogP contribution in [0.4, 0.5) is 4.79 Å². The summed E-state index contributed by atoms with van der Waals surface area (Å²) in [5, 5.41) is 13.6. The molecule has 2 atom stereocenters. The molecule has 5 nitrogen and oxygen atoms in total. The van der Waals surface area contributed by atoms with Crippen molar-refractivity contribution in [3.8, 4) is 0 Å². The van der Waals surface area contributed by atoms with E-state index in [1.165, 1.54) is 4.90 Å². The van der Waals surface area contributed by atoms with Gasteiger partial charge in [0, 0.05) is 11.9 Å². The quantitative estimate of drug-likeness (QED) is 0.873. The van der Waals surface area contributed by atoms with Crippen LogP contribution in [0.15, 0.2) is 17.5 Å². The topological polar surface area (TPSA) is 69.6 Å². The van der Waals surface area contributed by atoms with Crippen molar-refractivity contribution in [3.05, 3.63) is 22.4 Å². The molecule has 1 heterocycles. The van der Waals surface area contributed by atoms with Gasteiger partial charge in [0.2, 0.25) is 0 Å². The van der Waals surface area contributed by atoms with Gasteiger partial charge in [-0.1, -0.05) is 19.9 Å². The highest BCUT2D eigenvalue weighted by Crippen LogP contribution is 2.23. The molecule has 0 fully saturated rings. The maximum Gasteiger partial charge on any atom is 0.326 e. The van der Waals surface area contributed by atoms with Crippen LogP contribution in [0.3, 0.4) is 0 Å². The Morgan fingerprint density at radius 3 is 2.42 bits per heavy atom. The van der Waals surface area contributed by atoms with Gasteiger partial charge >= 0.3 is 12.0 Å². The van der Waals surface area contributed by atoms with Gasteiger partial charge in [-0.25, -0.2) is 9.59 Å². The van der Waals surface area contributed by atoms with E-state index in [2.05, 4.69) is 5.32 Å². The number of aliphatic carboxylic acids is 1. The number of rotatable bonds is 5. The highest BCUT2D eigenvalue weighted by Gasteiger charge is 2.26. The SMILES string of the molecule is CC(C)[C@@H](NC(=O)N(C)C(C)c1cccs1)C(=O)O. The molecule has 0 saturated heterocycles. The number of hydrogen-bond donors (Lipinski definition) is 2. The Morgan fingerprint density at radius 1 is 1.37 bits per heavy atom. The number of carboxylic acids is 1. The lowest BCUT2D eigenvalue weighted by atomic mass is 10.1. The van der Waals surface area contributed by atoms with Crippen LogP contribution >= 0.6 is 11.3 Å². The summed E-state index contributed by atoms with van der Waals surface area (Å²) in [6.07, 6.45) is 0. The zero-order valence-electron chi connectivity index (χ0n) is 11.6. The minimum absolute atomic E-state index is 0.0818. The molecule has 0 aliphatic heterocycles. The maximum absolute atomic E-state index is 12.1. The Bertz CT molecular complexity index is 431. The van der Waals surface area contributed by atoms with Gasteiger partial charge in [0.15, 0.2) is 0 Å². The van der Waals surface area contributed by atoms with Crippen LogP contribution in [0.5, 0.6) is 0 Å². The number of amides is 2. The zero-order valence-corrected chi connectivity index (χ0v) is 12.4. The number of carbonyl (C=O) groups is 2. The number of carboxylic acid groups (broad SMARTS) is 1. The van der Waals surface area contributed by atoms with Crippen molar-refractivity contribution in [2.24, 2.45) is 5.92 Å². The third-order valence-electron chi connectivity index (χ3n) is 3.07. The summed E-state index contributed by atoms with van der Waals surface area (Å²) >= 11 is 1.57. The molecule has 6 heteroatoms. The van der Waals surface area contributed by atoms with Gasteiger partial charge in [0.1, 0.15) is 6.04 Å². The van der Waals surface area contributed by atoms with Crippen LogP contribution < -0.4 is 5.32 Å². The fraction of sp³-hybridized carbons (Fsp3) is 0.538. The monoisotopic (exact) mass is 284 g/mol. The van der Waals surface area contributed by atoms with Gasteiger partial charge in [0.05, 0.1) is 6.04 Å². The fourth-order valence-electron chi connectivity index (χ4n) is 1.64. The van der Waals surface area contributed by atoms with Crippen LogP contribution in [0.2, 0.25) is 0 Å².